The number of pyridine rings is 1. The molecule has 1 aromatic heterocycles. The summed E-state index contributed by atoms with van der Waals surface area (Å²) >= 11 is 6.60. The second-order valence-electron chi connectivity index (χ2n) is 29.6. The number of carbonyl (C=O) groups is 10. The molecule has 0 radical (unpaired) electrons. The normalized spacial score (nSPS) is 20.7. The number of rotatable bonds is 17. The Bertz CT molecular complexity index is 4330. The molecule has 15 rings (SSSR count). The van der Waals surface area contributed by atoms with Gasteiger partial charge in [0.2, 0.25) is 5.91 Å². The number of aliphatic hydroxyl groups is 2. The molecule has 608 valence electrons. The van der Waals surface area contributed by atoms with Gasteiger partial charge in [0, 0.05) is 207 Å². The number of epoxide rings is 1. The molecule has 28 nitrogen and oxygen atoms in total. The number of aliphatic imine (C=N–C) groups is 1. The van der Waals surface area contributed by atoms with E-state index in [-0.39, 0.29) is 71.1 Å². The molecule has 7 aliphatic heterocycles. The number of halogens is 1. The number of aliphatic hydroxyl groups excluding tert-OH is 2. The number of nitrogens with one attached hydrogen (secondary N) is 3. The Morgan fingerprint density at radius 3 is 1.32 bits per heavy atom. The van der Waals surface area contributed by atoms with Gasteiger partial charge in [0.1, 0.15) is 30.8 Å². The van der Waals surface area contributed by atoms with Crippen LogP contribution < -0.4 is 21.7 Å². The second-order valence-corrected chi connectivity index (χ2v) is 30.0. The molecule has 29 heteroatoms. The van der Waals surface area contributed by atoms with E-state index in [9.17, 15) is 58.2 Å². The summed E-state index contributed by atoms with van der Waals surface area (Å²) in [5.74, 6) is -1.27. The number of hydrogen-bond acceptors (Lipinski definition) is 22. The first-order chi connectivity index (χ1) is 54.9. The van der Waals surface area contributed by atoms with Crippen LogP contribution in [0.2, 0.25) is 5.02 Å². The second kappa shape index (κ2) is 44.0. The van der Waals surface area contributed by atoms with Crippen molar-refractivity contribution in [3.8, 4) is 0 Å². The van der Waals surface area contributed by atoms with Gasteiger partial charge in [0.05, 0.1) is 58.5 Å². The molecule has 6 saturated heterocycles. The van der Waals surface area contributed by atoms with Crippen LogP contribution in [0.15, 0.2) is 145 Å². The number of carboxylic acids is 1. The number of ether oxygens (including phenoxy) is 1. The van der Waals surface area contributed by atoms with Gasteiger partial charge < -0.3 is 71.1 Å². The zero-order chi connectivity index (χ0) is 81.8. The summed E-state index contributed by atoms with van der Waals surface area (Å²) in [5.41, 5.74) is 14.1. The fourth-order valence-corrected chi connectivity index (χ4v) is 14.5. The summed E-state index contributed by atoms with van der Waals surface area (Å²) < 4.78 is 4.71. The standard InChI is InChI=1S/C29H33ClN6O3.C15H20N2O3.C13H16N2O2.C12H14N2O2.C8H6O3.C5H12N2.C3H6O/c1-16(37)15-35-7-9-36(10-8-35)29(39)20-4-2-3-17(11-20)22-13-23-27(33-22)26(21(30)14-32-23)34-25-19-6-5-18(12-19)24(25)28(31)38;1-12(19)10-16-5-7-17(8-6-16)15(20)14-4-2-3-13(9-14)11-18;1-14-5-7-15(8-6-14)13(17)12-4-2-3-11(9-12)10-16;15-9-10-2-1-3-11(8-10)12(16)14-6-4-13-5-7-14;9-5-6-2-1-3-7(4-6)8(10)11;1-7-4-2-6-3-5-7;1-3-2-4-3/h2-6,11,14,16,18-19,24-25,37H,7-10,12-13,15H2,1H3,(H2,31,38)(H,32,34);2-4,9,11-12,19H,5-8,10H2,1H3;2-4,9-10H,5-8H2,1H3;1-3,8-9,13H,4-7H2;1-5H,(H,10,11);6H,2-5H2,1H3;3H,2H2,1H3/t16?,18-,19+,24+,25-;;;;;;/m1....../s1. The first-order valence-corrected chi connectivity index (χ1v) is 39.2. The van der Waals surface area contributed by atoms with E-state index in [1.54, 1.807) is 109 Å². The van der Waals surface area contributed by atoms with Crippen molar-refractivity contribution in [1.82, 2.24) is 54.8 Å². The number of hydrogen-bond donors (Lipinski definition) is 7. The number of carboxylic acid groups (broad SMARTS) is 1. The molecule has 1 saturated carbocycles. The average molecular weight is 1580 g/mol. The lowest BCUT2D eigenvalue weighted by Crippen LogP contribution is -2.50. The zero-order valence-corrected chi connectivity index (χ0v) is 66.3. The molecule has 7 atom stereocenters. The number of nitrogens with two attached hydrogens (primary N) is 1. The van der Waals surface area contributed by atoms with Gasteiger partial charge >= 0.3 is 5.97 Å². The van der Waals surface area contributed by atoms with E-state index in [0.717, 1.165) is 140 Å². The fourth-order valence-electron chi connectivity index (χ4n) is 14.3. The Morgan fingerprint density at radius 1 is 0.553 bits per heavy atom. The van der Waals surface area contributed by atoms with Crippen molar-refractivity contribution in [2.45, 2.75) is 58.0 Å². The Labute approximate surface area is 671 Å². The Kier molecular flexibility index (Phi) is 33.9. The van der Waals surface area contributed by atoms with E-state index in [2.05, 4.69) is 73.7 Å². The minimum absolute atomic E-state index is 0.00461. The van der Waals surface area contributed by atoms with Gasteiger partial charge in [-0.3, -0.25) is 57.9 Å². The first-order valence-electron chi connectivity index (χ1n) is 38.8. The van der Waals surface area contributed by atoms with Gasteiger partial charge in [0.15, 0.2) is 0 Å². The number of anilines is 1. The monoisotopic (exact) mass is 1580 g/mol. The van der Waals surface area contributed by atoms with Gasteiger partial charge in [-0.2, -0.15) is 0 Å². The Hall–Kier alpha value is -10.1. The molecule has 0 spiro atoms. The number of nitrogens with zero attached hydrogens (tertiary/aromatic N) is 10. The third-order valence-corrected chi connectivity index (χ3v) is 21.0. The van der Waals surface area contributed by atoms with Gasteiger partial charge in [-0.1, -0.05) is 84.4 Å². The maximum atomic E-state index is 13.3. The van der Waals surface area contributed by atoms with E-state index in [4.69, 9.17) is 32.2 Å². The number of aldehydes is 4. The van der Waals surface area contributed by atoms with Crippen LogP contribution in [0.25, 0.3) is 0 Å². The van der Waals surface area contributed by atoms with Crippen molar-refractivity contribution in [3.63, 3.8) is 0 Å². The summed E-state index contributed by atoms with van der Waals surface area (Å²) in [5, 5.41) is 37.9. The van der Waals surface area contributed by atoms with Crippen molar-refractivity contribution >= 4 is 89.3 Å². The minimum atomic E-state index is -1.02. The maximum Gasteiger partial charge on any atom is 0.335 e. The van der Waals surface area contributed by atoms with Crippen LogP contribution in [-0.2, 0) is 16.0 Å². The highest BCUT2D eigenvalue weighted by atomic mass is 35.5. The lowest BCUT2D eigenvalue weighted by atomic mass is 9.88. The van der Waals surface area contributed by atoms with Crippen LogP contribution >= 0.6 is 11.6 Å². The summed E-state index contributed by atoms with van der Waals surface area (Å²) in [6.07, 6.45) is 10.0. The van der Waals surface area contributed by atoms with E-state index < -0.39 is 5.97 Å². The molecular weight excluding hydrogens is 1480 g/mol. The molecule has 5 amide bonds. The van der Waals surface area contributed by atoms with E-state index in [1.807, 2.05) is 34.1 Å². The summed E-state index contributed by atoms with van der Waals surface area (Å²) in [7, 11) is 4.20. The molecule has 3 unspecified atom stereocenters. The van der Waals surface area contributed by atoms with Gasteiger partial charge in [0.25, 0.3) is 23.6 Å². The quantitative estimate of drug-likeness (QED) is 0.0321. The third-order valence-electron chi connectivity index (χ3n) is 20.7. The average Bonchev–Trinajstić information content (AvgIpc) is 1.58. The van der Waals surface area contributed by atoms with Crippen LogP contribution in [0.3, 0.4) is 0 Å². The number of benzene rings is 5. The number of aromatic carboxylic acids is 1. The van der Waals surface area contributed by atoms with Crippen molar-refractivity contribution in [2.24, 2.45) is 28.5 Å². The number of carbonyl (C=O) groups excluding carboxylic acids is 9. The van der Waals surface area contributed by atoms with Gasteiger partial charge in [-0.15, -0.1) is 0 Å². The molecular formula is C85H107ClN14O14. The maximum absolute atomic E-state index is 13.3. The number of allylic oxidation sites excluding steroid dienone is 1. The molecule has 8 heterocycles. The SMILES string of the molecule is CC(O)CN1CCN(C(=O)c2cccc(C3=Nc4c(ncc(Cl)c4N[C@H]4[C@@H](C(N)=O)[C@@H]5C=C[C@H]4C5)C3)c2)CC1.CC(O)CN1CCN(C(=O)c2cccc(C=O)c2)CC1.CC1CO1.CN1CCN(C(=O)c2cccc(C=O)c2)CC1.CN1CCNCC1.O=Cc1cccc(C(=O)N2CCNCC2)c1.O=Cc1cccc(C(=O)O)c1. The Balaban J connectivity index is 0.000000168. The smallest absolute Gasteiger partial charge is 0.335 e. The number of amides is 5. The molecule has 114 heavy (non-hydrogen) atoms. The third kappa shape index (κ3) is 26.2. The van der Waals surface area contributed by atoms with E-state index in [1.165, 1.54) is 31.3 Å². The van der Waals surface area contributed by atoms with Gasteiger partial charge in [-0.25, -0.2) is 9.79 Å². The molecule has 9 aliphatic rings. The number of aromatic nitrogens is 1. The molecule has 8 N–H and O–H groups in total. The lowest BCUT2D eigenvalue weighted by Gasteiger charge is -2.35. The number of primary amides is 1. The number of likely N-dealkylation sites (N-methyl/N-ethyl adjacent to an activating group) is 2. The largest absolute Gasteiger partial charge is 0.478 e. The molecule has 7 fully saturated rings. The van der Waals surface area contributed by atoms with Crippen molar-refractivity contribution in [1.29, 1.82) is 0 Å². The van der Waals surface area contributed by atoms with Crippen LogP contribution in [0.4, 0.5) is 11.4 Å². The number of piperazine rings is 5. The fraction of sp³-hybridized carbons (Fsp3) is 0.435. The van der Waals surface area contributed by atoms with Crippen LogP contribution in [0.1, 0.15) is 132 Å². The first kappa shape index (κ1) is 87.8. The van der Waals surface area contributed by atoms with Crippen LogP contribution in [0.5, 0.6) is 0 Å². The highest BCUT2D eigenvalue weighted by molar-refractivity contribution is 6.34. The number of β-amino-alcohol motifs (C(OH)–C–C–N with tert-alkyl or cyclic N) is 2. The summed E-state index contributed by atoms with van der Waals surface area (Å²) in [6.45, 7) is 24.6. The van der Waals surface area contributed by atoms with Crippen molar-refractivity contribution in [2.75, 3.05) is 170 Å². The van der Waals surface area contributed by atoms with Crippen LogP contribution in [0, 0.1) is 17.8 Å². The minimum Gasteiger partial charge on any atom is -0.478 e. The predicted molar refractivity (Wildman–Crippen MR) is 437 cm³/mol. The highest BCUT2D eigenvalue weighted by Crippen LogP contribution is 2.48. The molecule has 6 aromatic rings. The lowest BCUT2D eigenvalue weighted by molar-refractivity contribution is -0.122. The molecule has 2 bridgehead atoms. The number of fused-ring (bicyclic) bond motifs is 3. The van der Waals surface area contributed by atoms with Crippen molar-refractivity contribution in [3.05, 3.63) is 206 Å². The van der Waals surface area contributed by atoms with Crippen molar-refractivity contribution < 1.29 is 68.0 Å². The molecule has 2 aliphatic carbocycles. The predicted octanol–water partition coefficient (Wildman–Crippen LogP) is 5.83. The Morgan fingerprint density at radius 2 is 0.930 bits per heavy atom. The van der Waals surface area contributed by atoms with E-state index in [0.29, 0.717) is 119 Å². The van der Waals surface area contributed by atoms with Gasteiger partial charge in [-0.05, 0) is 119 Å². The topological polar surface area (TPSA) is 357 Å². The van der Waals surface area contributed by atoms with Crippen LogP contribution in [-0.4, -0.2) is 315 Å². The summed E-state index contributed by atoms with van der Waals surface area (Å²) in [6, 6.07) is 33.7. The molecule has 5 aromatic carbocycles. The highest BCUT2D eigenvalue weighted by Gasteiger charge is 2.48. The summed E-state index contributed by atoms with van der Waals surface area (Å²) in [4.78, 5) is 140. The zero-order valence-electron chi connectivity index (χ0n) is 65.6. The van der Waals surface area contributed by atoms with E-state index >= 15 is 0 Å².